The molecular weight excluding hydrogens is 322 g/mol. The van der Waals surface area contributed by atoms with Crippen molar-refractivity contribution in [2.24, 2.45) is 16.5 Å². The maximum atomic E-state index is 12.2. The van der Waals surface area contributed by atoms with Crippen LogP contribution < -0.4 is 22.1 Å². The topological polar surface area (TPSA) is 150 Å². The number of anilines is 2. The second-order valence-electron chi connectivity index (χ2n) is 5.88. The molecule has 132 valence electrons. The van der Waals surface area contributed by atoms with Gasteiger partial charge in [-0.2, -0.15) is 4.99 Å². The molecule has 6 N–H and O–H groups in total. The zero-order valence-corrected chi connectivity index (χ0v) is 13.8. The molecule has 2 aromatic rings. The van der Waals surface area contributed by atoms with Crippen LogP contribution in [0.2, 0.25) is 0 Å². The monoisotopic (exact) mass is 343 g/mol. The molecule has 9 heteroatoms. The number of rotatable bonds is 3. The number of guanidine groups is 1. The maximum absolute atomic E-state index is 12.2. The first-order chi connectivity index (χ1) is 12.1. The van der Waals surface area contributed by atoms with E-state index < -0.39 is 5.91 Å². The van der Waals surface area contributed by atoms with Crippen LogP contribution in [-0.2, 0) is 0 Å². The van der Waals surface area contributed by atoms with Gasteiger partial charge in [-0.3, -0.25) is 4.79 Å². The molecule has 1 fully saturated rings. The lowest BCUT2D eigenvalue weighted by Gasteiger charge is -2.24. The molecule has 2 aromatic heterocycles. The largest absolute Gasteiger partial charge is 0.472 e. The Labute approximate surface area is 144 Å². The van der Waals surface area contributed by atoms with E-state index in [1.54, 1.807) is 12.3 Å². The van der Waals surface area contributed by atoms with Gasteiger partial charge in [0.25, 0.3) is 0 Å². The number of carbonyl (C=O) groups is 1. The Kier molecular flexibility index (Phi) is 4.82. The highest BCUT2D eigenvalue weighted by molar-refractivity contribution is 6.03. The lowest BCUT2D eigenvalue weighted by molar-refractivity contribution is 0.0998. The molecule has 1 aliphatic heterocycles. The van der Waals surface area contributed by atoms with Crippen molar-refractivity contribution in [2.45, 2.75) is 25.7 Å². The molecule has 3 heterocycles. The minimum Gasteiger partial charge on any atom is -0.472 e. The van der Waals surface area contributed by atoms with Crippen LogP contribution in [-0.4, -0.2) is 34.9 Å². The quantitative estimate of drug-likeness (QED) is 0.554. The van der Waals surface area contributed by atoms with Gasteiger partial charge in [-0.25, -0.2) is 9.97 Å². The van der Waals surface area contributed by atoms with Gasteiger partial charge < -0.3 is 26.5 Å². The Morgan fingerprint density at radius 3 is 2.48 bits per heavy atom. The van der Waals surface area contributed by atoms with Gasteiger partial charge in [-0.15, -0.1) is 0 Å². The number of aromatic nitrogens is 2. The van der Waals surface area contributed by atoms with E-state index in [1.165, 1.54) is 19.1 Å². The van der Waals surface area contributed by atoms with Crippen LogP contribution in [0.5, 0.6) is 0 Å². The number of hydrogen-bond acceptors (Lipinski definition) is 6. The van der Waals surface area contributed by atoms with Crippen LogP contribution in [0.1, 0.15) is 36.2 Å². The summed E-state index contributed by atoms with van der Waals surface area (Å²) in [6, 6.07) is 1.76. The zero-order valence-electron chi connectivity index (χ0n) is 13.8. The maximum Gasteiger partial charge on any atom is 0.302 e. The van der Waals surface area contributed by atoms with E-state index in [0.29, 0.717) is 17.1 Å². The van der Waals surface area contributed by atoms with Gasteiger partial charge in [-0.05, 0) is 18.9 Å². The summed E-state index contributed by atoms with van der Waals surface area (Å²) in [6.07, 6.45) is 7.60. The predicted molar refractivity (Wildman–Crippen MR) is 95.0 cm³/mol. The summed E-state index contributed by atoms with van der Waals surface area (Å²) in [7, 11) is 0. The summed E-state index contributed by atoms with van der Waals surface area (Å²) in [6.45, 7) is 1.72. The van der Waals surface area contributed by atoms with E-state index in [0.717, 1.165) is 25.9 Å². The summed E-state index contributed by atoms with van der Waals surface area (Å²) in [4.78, 5) is 26.7. The third-order valence-electron chi connectivity index (χ3n) is 4.04. The second-order valence-corrected chi connectivity index (χ2v) is 5.88. The van der Waals surface area contributed by atoms with Crippen molar-refractivity contribution >= 4 is 23.5 Å². The number of furan rings is 1. The van der Waals surface area contributed by atoms with Crippen molar-refractivity contribution in [3.63, 3.8) is 0 Å². The molecule has 9 nitrogen and oxygen atoms in total. The third kappa shape index (κ3) is 3.70. The SMILES string of the molecule is NC(N)=NC(=O)c1nc(-c2ccoc2)c(N2CCCCCC2)nc1N. The molecule has 3 rings (SSSR count). The van der Waals surface area contributed by atoms with E-state index in [1.807, 2.05) is 0 Å². The molecule has 0 spiro atoms. The average Bonchev–Trinajstić information content (AvgIpc) is 2.96. The molecule has 0 atom stereocenters. The Morgan fingerprint density at radius 1 is 1.16 bits per heavy atom. The average molecular weight is 343 g/mol. The molecular formula is C16H21N7O2. The first-order valence-corrected chi connectivity index (χ1v) is 8.15. The molecule has 25 heavy (non-hydrogen) atoms. The van der Waals surface area contributed by atoms with E-state index in [-0.39, 0.29) is 17.5 Å². The van der Waals surface area contributed by atoms with Crippen molar-refractivity contribution in [1.82, 2.24) is 9.97 Å². The van der Waals surface area contributed by atoms with Gasteiger partial charge in [0.2, 0.25) is 0 Å². The zero-order chi connectivity index (χ0) is 17.8. The van der Waals surface area contributed by atoms with E-state index >= 15 is 0 Å². The molecule has 1 aliphatic rings. The number of aliphatic imine (C=N–C) groups is 1. The van der Waals surface area contributed by atoms with Crippen LogP contribution in [0, 0.1) is 0 Å². The molecule has 0 aromatic carbocycles. The normalized spacial score (nSPS) is 14.8. The summed E-state index contributed by atoms with van der Waals surface area (Å²) in [5.41, 5.74) is 17.7. The third-order valence-corrected chi connectivity index (χ3v) is 4.04. The van der Waals surface area contributed by atoms with Crippen LogP contribution in [0.4, 0.5) is 11.6 Å². The summed E-state index contributed by atoms with van der Waals surface area (Å²) < 4.78 is 5.16. The molecule has 1 saturated heterocycles. The summed E-state index contributed by atoms with van der Waals surface area (Å²) in [5.74, 6) is -0.437. The number of carbonyl (C=O) groups excluding carboxylic acids is 1. The standard InChI is InChI=1S/C16H21N7O2/c17-13-12(15(24)22-16(18)19)20-11(10-5-8-25-9-10)14(21-13)23-6-3-1-2-4-7-23/h5,8-9H,1-4,6-7H2,(H2,17,21)(H4,18,19,22,24). The smallest absolute Gasteiger partial charge is 0.302 e. The van der Waals surface area contributed by atoms with Gasteiger partial charge in [0.15, 0.2) is 23.3 Å². The van der Waals surface area contributed by atoms with Gasteiger partial charge >= 0.3 is 5.91 Å². The van der Waals surface area contributed by atoms with Gasteiger partial charge in [0, 0.05) is 18.7 Å². The number of nitrogen functional groups attached to an aromatic ring is 1. The molecule has 0 radical (unpaired) electrons. The molecule has 0 saturated carbocycles. The highest BCUT2D eigenvalue weighted by Crippen LogP contribution is 2.31. The Balaban J connectivity index is 2.09. The Bertz CT molecular complexity index is 774. The number of nitrogens with zero attached hydrogens (tertiary/aromatic N) is 4. The lowest BCUT2D eigenvalue weighted by Crippen LogP contribution is -2.27. The van der Waals surface area contributed by atoms with Crippen molar-refractivity contribution in [3.05, 3.63) is 24.3 Å². The first kappa shape index (κ1) is 16.7. The lowest BCUT2D eigenvalue weighted by atomic mass is 10.2. The van der Waals surface area contributed by atoms with E-state index in [4.69, 9.17) is 21.6 Å². The van der Waals surface area contributed by atoms with E-state index in [9.17, 15) is 4.79 Å². The van der Waals surface area contributed by atoms with Crippen LogP contribution in [0.25, 0.3) is 11.3 Å². The van der Waals surface area contributed by atoms with Crippen molar-refractivity contribution < 1.29 is 9.21 Å². The van der Waals surface area contributed by atoms with E-state index in [2.05, 4.69) is 19.9 Å². The van der Waals surface area contributed by atoms with Crippen LogP contribution in [0.15, 0.2) is 28.0 Å². The fourth-order valence-electron chi connectivity index (χ4n) is 2.86. The van der Waals surface area contributed by atoms with Crippen molar-refractivity contribution in [1.29, 1.82) is 0 Å². The van der Waals surface area contributed by atoms with Crippen molar-refractivity contribution in [3.8, 4) is 11.3 Å². The second kappa shape index (κ2) is 7.20. The highest BCUT2D eigenvalue weighted by atomic mass is 16.3. The predicted octanol–water partition coefficient (Wildman–Crippen LogP) is 1.11. The van der Waals surface area contributed by atoms with Crippen LogP contribution in [0.3, 0.4) is 0 Å². The summed E-state index contributed by atoms with van der Waals surface area (Å²) >= 11 is 0. The van der Waals surface area contributed by atoms with Crippen LogP contribution >= 0.6 is 0 Å². The Morgan fingerprint density at radius 2 is 1.88 bits per heavy atom. The molecule has 1 amide bonds. The van der Waals surface area contributed by atoms with Gasteiger partial charge in [-0.1, -0.05) is 12.8 Å². The number of hydrogen-bond donors (Lipinski definition) is 3. The summed E-state index contributed by atoms with van der Waals surface area (Å²) in [5, 5.41) is 0. The molecule has 0 bridgehead atoms. The fourth-order valence-corrected chi connectivity index (χ4v) is 2.86. The molecule has 0 unspecified atom stereocenters. The molecule has 0 aliphatic carbocycles. The number of nitrogens with two attached hydrogens (primary N) is 3. The van der Waals surface area contributed by atoms with Gasteiger partial charge in [0.05, 0.1) is 12.5 Å². The van der Waals surface area contributed by atoms with Crippen molar-refractivity contribution in [2.75, 3.05) is 23.7 Å². The Hall–Kier alpha value is -3.10. The highest BCUT2D eigenvalue weighted by Gasteiger charge is 2.23. The fraction of sp³-hybridized carbons (Fsp3) is 0.375. The first-order valence-electron chi connectivity index (χ1n) is 8.15. The number of amides is 1. The minimum absolute atomic E-state index is 0.00138. The minimum atomic E-state index is -0.725. The van der Waals surface area contributed by atoms with Gasteiger partial charge in [0.1, 0.15) is 5.69 Å².